The second-order valence-electron chi connectivity index (χ2n) is 7.35. The van der Waals surface area contributed by atoms with Gasteiger partial charge in [-0.05, 0) is 35.9 Å². The van der Waals surface area contributed by atoms with Crippen LogP contribution in [0, 0.1) is 5.82 Å². The van der Waals surface area contributed by atoms with Crippen LogP contribution >= 0.6 is 23.1 Å². The van der Waals surface area contributed by atoms with Crippen molar-refractivity contribution in [1.82, 2.24) is 9.55 Å². The van der Waals surface area contributed by atoms with Crippen LogP contribution < -0.4 is 15.6 Å². The highest BCUT2D eigenvalue weighted by Crippen LogP contribution is 2.33. The molecule has 166 valence electrons. The Kier molecular flexibility index (Phi) is 5.47. The van der Waals surface area contributed by atoms with Crippen LogP contribution in [0.25, 0.3) is 21.3 Å². The van der Waals surface area contributed by atoms with Crippen LogP contribution in [0.4, 0.5) is 10.1 Å². The van der Waals surface area contributed by atoms with Gasteiger partial charge in [0, 0.05) is 23.6 Å². The van der Waals surface area contributed by atoms with Gasteiger partial charge < -0.3 is 10.1 Å². The fourth-order valence-electron chi connectivity index (χ4n) is 3.49. The van der Waals surface area contributed by atoms with Crippen molar-refractivity contribution >= 4 is 50.7 Å². The lowest BCUT2D eigenvalue weighted by molar-refractivity contribution is -0.118. The predicted molar refractivity (Wildman–Crippen MR) is 126 cm³/mol. The number of rotatable bonds is 5. The van der Waals surface area contributed by atoms with Crippen LogP contribution in [0.2, 0.25) is 0 Å². The summed E-state index contributed by atoms with van der Waals surface area (Å²) in [5.41, 5.74) is 2.09. The molecule has 2 aromatic heterocycles. The van der Waals surface area contributed by atoms with Crippen LogP contribution in [0.1, 0.15) is 10.4 Å². The zero-order valence-electron chi connectivity index (χ0n) is 17.3. The van der Waals surface area contributed by atoms with Crippen LogP contribution in [-0.2, 0) is 11.8 Å². The Labute approximate surface area is 195 Å². The SMILES string of the molecule is Cn1c(SCC(=O)c2ccc3c(c2)NC(=O)CO3)nc2scc(-c3ccc(F)cc3)c2c1=O. The summed E-state index contributed by atoms with van der Waals surface area (Å²) in [4.78, 5) is 42.5. The number of aromatic nitrogens is 2. The fourth-order valence-corrected chi connectivity index (χ4v) is 5.35. The molecule has 1 aliphatic rings. The maximum atomic E-state index is 13.3. The Balaban J connectivity index is 1.40. The van der Waals surface area contributed by atoms with Crippen LogP contribution in [0.15, 0.2) is 57.8 Å². The molecular weight excluding hydrogens is 465 g/mol. The van der Waals surface area contributed by atoms with Crippen LogP contribution in [-0.4, -0.2) is 33.6 Å². The van der Waals surface area contributed by atoms with Gasteiger partial charge in [-0.15, -0.1) is 11.3 Å². The molecule has 3 heterocycles. The first kappa shape index (κ1) is 21.4. The minimum Gasteiger partial charge on any atom is -0.482 e. The summed E-state index contributed by atoms with van der Waals surface area (Å²) < 4.78 is 20.0. The van der Waals surface area contributed by atoms with Gasteiger partial charge >= 0.3 is 0 Å². The van der Waals surface area contributed by atoms with Gasteiger partial charge in [0.15, 0.2) is 17.5 Å². The minimum atomic E-state index is -0.346. The number of anilines is 1. The lowest BCUT2D eigenvalue weighted by Crippen LogP contribution is -2.25. The van der Waals surface area contributed by atoms with Crippen LogP contribution in [0.3, 0.4) is 0 Å². The number of thiophene rings is 1. The van der Waals surface area contributed by atoms with Gasteiger partial charge in [0.25, 0.3) is 11.5 Å². The maximum Gasteiger partial charge on any atom is 0.263 e. The van der Waals surface area contributed by atoms with Gasteiger partial charge in [-0.25, -0.2) is 9.37 Å². The first-order chi connectivity index (χ1) is 15.9. The number of carbonyl (C=O) groups is 2. The van der Waals surface area contributed by atoms with Gasteiger partial charge in [0.1, 0.15) is 16.4 Å². The standard InChI is InChI=1S/C23H16FN3O4S2/c1-27-22(30)20-15(12-2-5-14(24)6-3-12)10-32-21(20)26-23(27)33-11-17(28)13-4-7-18-16(8-13)25-19(29)9-31-18/h2-8,10H,9,11H2,1H3,(H,25,29). The van der Waals surface area contributed by atoms with E-state index in [9.17, 15) is 18.8 Å². The highest BCUT2D eigenvalue weighted by Gasteiger charge is 2.20. The lowest BCUT2D eigenvalue weighted by atomic mass is 10.1. The summed E-state index contributed by atoms with van der Waals surface area (Å²) in [6.07, 6.45) is 0. The molecule has 0 aliphatic carbocycles. The molecule has 0 radical (unpaired) electrons. The molecule has 0 fully saturated rings. The number of amides is 1. The van der Waals surface area contributed by atoms with E-state index in [1.54, 1.807) is 37.4 Å². The minimum absolute atomic E-state index is 0.0517. The Hall–Kier alpha value is -3.50. The zero-order chi connectivity index (χ0) is 23.1. The number of carbonyl (C=O) groups excluding carboxylic acids is 2. The van der Waals surface area contributed by atoms with Crippen molar-refractivity contribution < 1.29 is 18.7 Å². The van der Waals surface area contributed by atoms with E-state index in [1.807, 2.05) is 5.38 Å². The number of hydrogen-bond acceptors (Lipinski definition) is 7. The zero-order valence-corrected chi connectivity index (χ0v) is 18.9. The molecule has 4 aromatic rings. The number of nitrogens with one attached hydrogen (secondary N) is 1. The number of fused-ring (bicyclic) bond motifs is 2. The monoisotopic (exact) mass is 481 g/mol. The third-order valence-electron chi connectivity index (χ3n) is 5.20. The number of hydrogen-bond donors (Lipinski definition) is 1. The molecule has 0 atom stereocenters. The summed E-state index contributed by atoms with van der Waals surface area (Å²) in [7, 11) is 1.61. The number of ether oxygens (including phenoxy) is 1. The Morgan fingerprint density at radius 1 is 1.24 bits per heavy atom. The largest absolute Gasteiger partial charge is 0.482 e. The normalized spacial score (nSPS) is 12.8. The van der Waals surface area contributed by atoms with Crippen molar-refractivity contribution in [3.63, 3.8) is 0 Å². The Morgan fingerprint density at radius 2 is 2.03 bits per heavy atom. The van der Waals surface area contributed by atoms with Crippen molar-refractivity contribution in [1.29, 1.82) is 0 Å². The number of ketones is 1. The van der Waals surface area contributed by atoms with Crippen molar-refractivity contribution in [2.24, 2.45) is 7.05 Å². The highest BCUT2D eigenvalue weighted by molar-refractivity contribution is 7.99. The van der Waals surface area contributed by atoms with Crippen molar-refractivity contribution in [3.8, 4) is 16.9 Å². The molecule has 1 N–H and O–H groups in total. The van der Waals surface area contributed by atoms with Crippen molar-refractivity contribution in [2.75, 3.05) is 17.7 Å². The summed E-state index contributed by atoms with van der Waals surface area (Å²) >= 11 is 2.49. The van der Waals surface area contributed by atoms with E-state index in [4.69, 9.17) is 4.74 Å². The molecule has 0 unspecified atom stereocenters. The summed E-state index contributed by atoms with van der Waals surface area (Å²) in [5, 5.41) is 5.40. The molecule has 1 amide bonds. The second kappa shape index (κ2) is 8.45. The Bertz CT molecular complexity index is 1480. The molecule has 7 nitrogen and oxygen atoms in total. The number of benzene rings is 2. The van der Waals surface area contributed by atoms with Gasteiger partial charge in [-0.1, -0.05) is 23.9 Å². The molecule has 0 bridgehead atoms. The van der Waals surface area contributed by atoms with Gasteiger partial charge in [0.05, 0.1) is 16.8 Å². The summed E-state index contributed by atoms with van der Waals surface area (Å²) in [6.45, 7) is -0.0517. The molecule has 0 spiro atoms. The third-order valence-corrected chi connectivity index (χ3v) is 7.10. The molecule has 5 rings (SSSR count). The Morgan fingerprint density at radius 3 is 2.82 bits per heavy atom. The van der Waals surface area contributed by atoms with E-state index in [0.717, 1.165) is 17.3 Å². The molecular formula is C23H16FN3O4S2. The molecule has 1 aliphatic heterocycles. The van der Waals surface area contributed by atoms with Crippen LogP contribution in [0.5, 0.6) is 5.75 Å². The maximum absolute atomic E-state index is 13.3. The average Bonchev–Trinajstić information content (AvgIpc) is 3.24. The van der Waals surface area contributed by atoms with Crippen molar-refractivity contribution in [2.45, 2.75) is 5.16 Å². The summed E-state index contributed by atoms with van der Waals surface area (Å²) in [5.74, 6) is -0.209. The number of Topliss-reactive ketones (excluding diaryl/α,β-unsaturated/α-hetero) is 1. The topological polar surface area (TPSA) is 90.3 Å². The van der Waals surface area contributed by atoms with Gasteiger partial charge in [-0.3, -0.25) is 19.0 Å². The van der Waals surface area contributed by atoms with Gasteiger partial charge in [-0.2, -0.15) is 0 Å². The van der Waals surface area contributed by atoms with E-state index in [0.29, 0.717) is 37.9 Å². The first-order valence-electron chi connectivity index (χ1n) is 9.87. The molecule has 33 heavy (non-hydrogen) atoms. The second-order valence-corrected chi connectivity index (χ2v) is 9.16. The predicted octanol–water partition coefficient (Wildman–Crippen LogP) is 4.11. The van der Waals surface area contributed by atoms with E-state index in [-0.39, 0.29) is 35.4 Å². The lowest BCUT2D eigenvalue weighted by Gasteiger charge is -2.18. The quantitative estimate of drug-likeness (QED) is 0.262. The number of halogens is 1. The molecule has 0 saturated carbocycles. The van der Waals surface area contributed by atoms with E-state index >= 15 is 0 Å². The van der Waals surface area contributed by atoms with Crippen molar-refractivity contribution in [3.05, 3.63) is 69.6 Å². The molecule has 10 heteroatoms. The smallest absolute Gasteiger partial charge is 0.263 e. The first-order valence-corrected chi connectivity index (χ1v) is 11.7. The highest BCUT2D eigenvalue weighted by atomic mass is 32.2. The average molecular weight is 482 g/mol. The fraction of sp³-hybridized carbons (Fsp3) is 0.130. The molecule has 2 aromatic carbocycles. The number of thioether (sulfide) groups is 1. The van der Waals surface area contributed by atoms with Gasteiger partial charge in [0.2, 0.25) is 0 Å². The van der Waals surface area contributed by atoms with E-state index in [2.05, 4.69) is 10.3 Å². The third kappa shape index (κ3) is 4.03. The summed E-state index contributed by atoms with van der Waals surface area (Å²) in [6, 6.07) is 10.8. The number of nitrogens with zero attached hydrogens (tertiary/aromatic N) is 2. The molecule has 0 saturated heterocycles. The van der Waals surface area contributed by atoms with E-state index in [1.165, 1.54) is 28.0 Å². The van der Waals surface area contributed by atoms with E-state index < -0.39 is 0 Å².